The number of benzene rings is 1. The van der Waals surface area contributed by atoms with Crippen LogP contribution >= 0.6 is 57.4 Å². The highest BCUT2D eigenvalue weighted by atomic mass is 127. The molecule has 3 N–H and O–H groups in total. The molecule has 0 spiro atoms. The van der Waals surface area contributed by atoms with Crippen LogP contribution in [-0.2, 0) is 4.79 Å². The first kappa shape index (κ1) is 13.0. The van der Waals surface area contributed by atoms with Crippen molar-refractivity contribution >= 4 is 74.5 Å². The number of amides is 1. The number of halogens is 2. The number of rotatable bonds is 1. The summed E-state index contributed by atoms with van der Waals surface area (Å²) in [7, 11) is 0. The van der Waals surface area contributed by atoms with Gasteiger partial charge < -0.3 is 10.4 Å². The van der Waals surface area contributed by atoms with Gasteiger partial charge in [-0.1, -0.05) is 0 Å². The topological polar surface area (TPSA) is 61.4 Å². The molecule has 1 aliphatic heterocycles. The SMILES string of the molecule is O=C1NC(=S)NC1=Cc1cc(I)cc(I)c1O. The Hall–Kier alpha value is -0.420. The Morgan fingerprint density at radius 3 is 2.59 bits per heavy atom. The Morgan fingerprint density at radius 1 is 1.29 bits per heavy atom. The number of carbonyl (C=O) groups excluding carboxylic acids is 1. The van der Waals surface area contributed by atoms with Crippen LogP contribution in [0.4, 0.5) is 0 Å². The maximum absolute atomic E-state index is 11.5. The van der Waals surface area contributed by atoms with E-state index in [0.29, 0.717) is 11.3 Å². The van der Waals surface area contributed by atoms with Gasteiger partial charge in [0.15, 0.2) is 5.11 Å². The van der Waals surface area contributed by atoms with Gasteiger partial charge in [0.25, 0.3) is 5.91 Å². The minimum atomic E-state index is -0.289. The van der Waals surface area contributed by atoms with E-state index in [9.17, 15) is 9.90 Å². The third-order valence-electron chi connectivity index (χ3n) is 2.08. The summed E-state index contributed by atoms with van der Waals surface area (Å²) in [6.07, 6.45) is 1.58. The van der Waals surface area contributed by atoms with E-state index in [1.807, 2.05) is 28.7 Å². The lowest BCUT2D eigenvalue weighted by Gasteiger charge is -2.04. The van der Waals surface area contributed by atoms with E-state index < -0.39 is 0 Å². The van der Waals surface area contributed by atoms with Crippen molar-refractivity contribution in [1.82, 2.24) is 10.6 Å². The molecule has 1 aromatic rings. The molecule has 7 heteroatoms. The molecule has 0 aromatic heterocycles. The first-order chi connectivity index (χ1) is 7.97. The minimum Gasteiger partial charge on any atom is -0.506 e. The number of carbonyl (C=O) groups is 1. The van der Waals surface area contributed by atoms with E-state index in [0.717, 1.165) is 7.14 Å². The summed E-state index contributed by atoms with van der Waals surface area (Å²) in [6.45, 7) is 0. The highest BCUT2D eigenvalue weighted by Crippen LogP contribution is 2.28. The predicted octanol–water partition coefficient (Wildman–Crippen LogP) is 1.95. The number of phenolic OH excluding ortho intramolecular Hbond substituents is 1. The van der Waals surface area contributed by atoms with Gasteiger partial charge in [-0.3, -0.25) is 10.1 Å². The summed E-state index contributed by atoms with van der Waals surface area (Å²) in [6, 6.07) is 3.65. The molecule has 1 fully saturated rings. The monoisotopic (exact) mass is 472 g/mol. The van der Waals surface area contributed by atoms with Crippen molar-refractivity contribution in [3.63, 3.8) is 0 Å². The third kappa shape index (κ3) is 2.88. The lowest BCUT2D eigenvalue weighted by molar-refractivity contribution is -0.115. The van der Waals surface area contributed by atoms with Crippen LogP contribution in [0.5, 0.6) is 5.75 Å². The van der Waals surface area contributed by atoms with Crippen LogP contribution in [0.1, 0.15) is 5.56 Å². The molecule has 0 unspecified atom stereocenters. The molecule has 0 aliphatic carbocycles. The Bertz CT molecular complexity index is 557. The Morgan fingerprint density at radius 2 is 2.00 bits per heavy atom. The van der Waals surface area contributed by atoms with Crippen molar-refractivity contribution < 1.29 is 9.90 Å². The maximum atomic E-state index is 11.5. The van der Waals surface area contributed by atoms with Crippen LogP contribution in [-0.4, -0.2) is 16.1 Å². The summed E-state index contributed by atoms with van der Waals surface area (Å²) in [4.78, 5) is 11.5. The highest BCUT2D eigenvalue weighted by Gasteiger charge is 2.20. The number of aromatic hydroxyl groups is 1. The molecule has 1 amide bonds. The number of hydrogen-bond donors (Lipinski definition) is 3. The molecule has 1 aromatic carbocycles. The smallest absolute Gasteiger partial charge is 0.273 e. The van der Waals surface area contributed by atoms with Gasteiger partial charge >= 0.3 is 0 Å². The van der Waals surface area contributed by atoms with Gasteiger partial charge in [0.2, 0.25) is 0 Å². The molecule has 0 bridgehead atoms. The summed E-state index contributed by atoms with van der Waals surface area (Å²) >= 11 is 9.02. The van der Waals surface area contributed by atoms with Crippen molar-refractivity contribution in [2.45, 2.75) is 0 Å². The van der Waals surface area contributed by atoms with Gasteiger partial charge in [-0.15, -0.1) is 0 Å². The van der Waals surface area contributed by atoms with E-state index in [-0.39, 0.29) is 16.8 Å². The van der Waals surface area contributed by atoms with E-state index in [1.165, 1.54) is 0 Å². The van der Waals surface area contributed by atoms with Gasteiger partial charge in [0, 0.05) is 9.13 Å². The quantitative estimate of drug-likeness (QED) is 0.333. The molecule has 1 aliphatic rings. The third-order valence-corrected chi connectivity index (χ3v) is 3.73. The average molecular weight is 472 g/mol. The first-order valence-corrected chi connectivity index (χ1v) is 7.06. The van der Waals surface area contributed by atoms with Gasteiger partial charge in [-0.05, 0) is 75.6 Å². The van der Waals surface area contributed by atoms with Crippen molar-refractivity contribution in [3.05, 3.63) is 30.5 Å². The zero-order chi connectivity index (χ0) is 12.6. The predicted molar refractivity (Wildman–Crippen MR) is 85.4 cm³/mol. The second-order valence-electron chi connectivity index (χ2n) is 3.29. The number of phenols is 1. The van der Waals surface area contributed by atoms with Crippen LogP contribution in [0.15, 0.2) is 17.8 Å². The van der Waals surface area contributed by atoms with Crippen molar-refractivity contribution in [2.24, 2.45) is 0 Å². The molecule has 4 nitrogen and oxygen atoms in total. The Labute approximate surface area is 130 Å². The van der Waals surface area contributed by atoms with Gasteiger partial charge in [0.05, 0.1) is 3.57 Å². The molecule has 0 radical (unpaired) electrons. The van der Waals surface area contributed by atoms with Crippen LogP contribution in [0, 0.1) is 7.14 Å². The zero-order valence-electron chi connectivity index (χ0n) is 8.25. The zero-order valence-corrected chi connectivity index (χ0v) is 13.4. The van der Waals surface area contributed by atoms with Crippen molar-refractivity contribution in [1.29, 1.82) is 0 Å². The van der Waals surface area contributed by atoms with E-state index in [4.69, 9.17) is 12.2 Å². The fourth-order valence-corrected chi connectivity index (χ4v) is 3.43. The largest absolute Gasteiger partial charge is 0.506 e. The summed E-state index contributed by atoms with van der Waals surface area (Å²) in [5.41, 5.74) is 0.923. The molecular formula is C10H6I2N2O2S. The van der Waals surface area contributed by atoms with E-state index >= 15 is 0 Å². The lowest BCUT2D eigenvalue weighted by atomic mass is 10.1. The molecule has 2 rings (SSSR count). The van der Waals surface area contributed by atoms with Gasteiger partial charge in [-0.2, -0.15) is 0 Å². The van der Waals surface area contributed by atoms with Crippen molar-refractivity contribution in [2.75, 3.05) is 0 Å². The standard InChI is InChI=1S/C10H6I2N2O2S/c11-5-1-4(8(15)6(12)3-5)2-7-9(16)14-10(17)13-7/h1-3,15H,(H2,13,14,16,17). The fraction of sp³-hybridized carbons (Fsp3) is 0. The van der Waals surface area contributed by atoms with Gasteiger partial charge in [0.1, 0.15) is 11.4 Å². The number of hydrogen-bond acceptors (Lipinski definition) is 3. The van der Waals surface area contributed by atoms with Crippen LogP contribution in [0.2, 0.25) is 0 Å². The Kier molecular flexibility index (Phi) is 3.88. The van der Waals surface area contributed by atoms with Crippen LogP contribution in [0.25, 0.3) is 6.08 Å². The second kappa shape index (κ2) is 5.06. The highest BCUT2D eigenvalue weighted by molar-refractivity contribution is 14.1. The minimum absolute atomic E-state index is 0.158. The van der Waals surface area contributed by atoms with Crippen molar-refractivity contribution in [3.8, 4) is 5.75 Å². The normalized spacial score (nSPS) is 17.2. The summed E-state index contributed by atoms with van der Waals surface area (Å²) in [5, 5.41) is 15.4. The molecule has 88 valence electrons. The summed E-state index contributed by atoms with van der Waals surface area (Å²) in [5.74, 6) is -0.130. The maximum Gasteiger partial charge on any atom is 0.273 e. The van der Waals surface area contributed by atoms with Crippen LogP contribution in [0.3, 0.4) is 0 Å². The van der Waals surface area contributed by atoms with E-state index in [1.54, 1.807) is 12.1 Å². The molecule has 17 heavy (non-hydrogen) atoms. The van der Waals surface area contributed by atoms with E-state index in [2.05, 4.69) is 33.2 Å². The molecule has 1 saturated heterocycles. The van der Waals surface area contributed by atoms with Gasteiger partial charge in [-0.25, -0.2) is 0 Å². The molecule has 1 heterocycles. The fourth-order valence-electron chi connectivity index (χ4n) is 1.33. The molecular weight excluding hydrogens is 466 g/mol. The van der Waals surface area contributed by atoms with Crippen LogP contribution < -0.4 is 10.6 Å². The molecule has 0 saturated carbocycles. The average Bonchev–Trinajstić information content (AvgIpc) is 2.53. The number of thiocarbonyl (C=S) groups is 1. The second-order valence-corrected chi connectivity index (χ2v) is 6.11. The lowest BCUT2D eigenvalue weighted by Crippen LogP contribution is -2.21. The Balaban J connectivity index is 2.46. The molecule has 0 atom stereocenters. The first-order valence-electron chi connectivity index (χ1n) is 4.49. The summed E-state index contributed by atoms with van der Waals surface area (Å²) < 4.78 is 1.72. The number of nitrogens with one attached hydrogen (secondary N) is 2.